The van der Waals surface area contributed by atoms with Gasteiger partial charge in [-0.25, -0.2) is 4.79 Å². The Hall–Kier alpha value is -4.09. The normalized spacial score (nSPS) is 18.0. The van der Waals surface area contributed by atoms with Gasteiger partial charge in [0.1, 0.15) is 5.75 Å². The predicted octanol–water partition coefficient (Wildman–Crippen LogP) is 5.64. The number of aromatic nitrogens is 2. The lowest BCUT2D eigenvalue weighted by Crippen LogP contribution is -2.57. The Morgan fingerprint density at radius 1 is 1.13 bits per heavy atom. The lowest BCUT2D eigenvalue weighted by molar-refractivity contribution is -0.138. The van der Waals surface area contributed by atoms with Crippen LogP contribution in [-0.2, 0) is 27.7 Å². The van der Waals surface area contributed by atoms with Gasteiger partial charge in [0, 0.05) is 24.5 Å². The smallest absolute Gasteiger partial charge is 0.422 e. The van der Waals surface area contributed by atoms with Gasteiger partial charge in [0.15, 0.2) is 0 Å². The molecule has 3 heterocycles. The van der Waals surface area contributed by atoms with E-state index < -0.39 is 50.8 Å². The van der Waals surface area contributed by atoms with Crippen LogP contribution < -0.4 is 4.74 Å². The lowest BCUT2D eigenvalue weighted by atomic mass is 10.0. The van der Waals surface area contributed by atoms with E-state index in [4.69, 9.17) is 4.74 Å². The number of alkyl halides is 3. The maximum atomic E-state index is 13.7. The molecule has 0 radical (unpaired) electrons. The summed E-state index contributed by atoms with van der Waals surface area (Å²) in [6, 6.07) is 8.21. The van der Waals surface area contributed by atoms with E-state index in [0.717, 1.165) is 27.0 Å². The monoisotopic (exact) mass is 695 g/mol. The molecule has 0 atom stereocenters. The zero-order valence-electron chi connectivity index (χ0n) is 25.8. The number of piperidine rings is 1. The van der Waals surface area contributed by atoms with E-state index >= 15 is 0 Å². The van der Waals surface area contributed by atoms with Crippen molar-refractivity contribution >= 4 is 56.2 Å². The lowest BCUT2D eigenvalue weighted by Gasteiger charge is -2.39. The summed E-state index contributed by atoms with van der Waals surface area (Å²) in [5.41, 5.74) is -0.896. The minimum absolute atomic E-state index is 0.0119. The molecule has 0 spiro atoms. The van der Waals surface area contributed by atoms with E-state index in [1.807, 2.05) is 0 Å². The molecule has 1 aromatic heterocycles. The molecule has 47 heavy (non-hydrogen) atoms. The summed E-state index contributed by atoms with van der Waals surface area (Å²) < 4.78 is 75.2. The summed E-state index contributed by atoms with van der Waals surface area (Å²) in [7, 11) is -3.06. The van der Waals surface area contributed by atoms with Crippen molar-refractivity contribution in [3.63, 3.8) is 0 Å². The van der Waals surface area contributed by atoms with Crippen LogP contribution in [0.15, 0.2) is 47.5 Å². The van der Waals surface area contributed by atoms with Crippen LogP contribution in [0.25, 0.3) is 17.0 Å². The Kier molecular flexibility index (Phi) is 9.11. The number of halogens is 3. The number of imide groups is 1. The standard InChI is InChI=1S/C30H32F3N5O7S2/c1-29(2,3)38(27(40)41)47(43,44)35-11-9-21(10-12-35)37-26(39)25(46-28(37)42)14-18-5-8-24-20(13-18)16-34-36(24)17-19-6-7-22(45-4)15-23(19)30(31,32)33/h5-8,13-16,21H,9-12,17H2,1-4H3,(H,40,41). The van der Waals surface area contributed by atoms with Gasteiger partial charge in [-0.2, -0.15) is 35.3 Å². The molecule has 0 bridgehead atoms. The van der Waals surface area contributed by atoms with Crippen LogP contribution in [0.4, 0.5) is 22.8 Å². The molecule has 2 fully saturated rings. The number of fused-ring (bicyclic) bond motifs is 1. The van der Waals surface area contributed by atoms with Gasteiger partial charge in [0.2, 0.25) is 0 Å². The average Bonchev–Trinajstić information content (AvgIpc) is 3.49. The summed E-state index contributed by atoms with van der Waals surface area (Å²) in [4.78, 5) is 39.3. The highest BCUT2D eigenvalue weighted by atomic mass is 32.2. The van der Waals surface area contributed by atoms with Gasteiger partial charge in [-0.3, -0.25) is 19.2 Å². The second-order valence-electron chi connectivity index (χ2n) is 12.0. The number of amides is 3. The maximum absolute atomic E-state index is 13.7. The van der Waals surface area contributed by atoms with Gasteiger partial charge < -0.3 is 9.84 Å². The molecule has 17 heteroatoms. The van der Waals surface area contributed by atoms with E-state index in [1.54, 1.807) is 24.3 Å². The summed E-state index contributed by atoms with van der Waals surface area (Å²) in [6.07, 6.45) is -2.88. The molecule has 2 aromatic carbocycles. The van der Waals surface area contributed by atoms with E-state index in [9.17, 15) is 41.1 Å². The number of ether oxygens (including phenoxy) is 1. The van der Waals surface area contributed by atoms with Crippen molar-refractivity contribution in [3.05, 3.63) is 64.2 Å². The van der Waals surface area contributed by atoms with Crippen molar-refractivity contribution in [1.82, 2.24) is 23.3 Å². The van der Waals surface area contributed by atoms with Gasteiger partial charge in [-0.1, -0.05) is 12.1 Å². The SMILES string of the molecule is COc1ccc(Cn2ncc3cc(C=C4SC(=O)N(C5CCN(S(=O)(=O)N(C(=O)O)C(C)(C)C)CC5)C4=O)ccc32)c(C(F)(F)F)c1. The zero-order valence-corrected chi connectivity index (χ0v) is 27.4. The Labute approximate surface area is 272 Å². The molecule has 0 aliphatic carbocycles. The number of nitrogens with zero attached hydrogens (tertiary/aromatic N) is 5. The van der Waals surface area contributed by atoms with E-state index in [-0.39, 0.29) is 48.7 Å². The maximum Gasteiger partial charge on any atom is 0.422 e. The van der Waals surface area contributed by atoms with Crippen molar-refractivity contribution in [2.45, 2.75) is 57.9 Å². The highest BCUT2D eigenvalue weighted by Crippen LogP contribution is 2.38. The fourth-order valence-corrected chi connectivity index (χ4v) is 8.38. The van der Waals surface area contributed by atoms with Gasteiger partial charge in [-0.15, -0.1) is 0 Å². The minimum Gasteiger partial charge on any atom is -0.497 e. The summed E-state index contributed by atoms with van der Waals surface area (Å²) in [5, 5.41) is 13.9. The van der Waals surface area contributed by atoms with Crippen molar-refractivity contribution in [2.24, 2.45) is 0 Å². The van der Waals surface area contributed by atoms with E-state index in [1.165, 1.54) is 50.9 Å². The van der Waals surface area contributed by atoms with Crippen molar-refractivity contribution in [2.75, 3.05) is 20.2 Å². The average molecular weight is 696 g/mol. The van der Waals surface area contributed by atoms with Gasteiger partial charge in [0.25, 0.3) is 11.1 Å². The number of carbonyl (C=O) groups is 3. The third-order valence-corrected chi connectivity index (χ3v) is 10.9. The van der Waals surface area contributed by atoms with Crippen LogP contribution in [0.3, 0.4) is 0 Å². The molecule has 2 saturated heterocycles. The topological polar surface area (TPSA) is 142 Å². The number of thioether (sulfide) groups is 1. The fraction of sp³-hybridized carbons (Fsp3) is 0.400. The van der Waals surface area contributed by atoms with Crippen LogP contribution in [0.5, 0.6) is 5.75 Å². The summed E-state index contributed by atoms with van der Waals surface area (Å²) in [6.45, 7) is 4.11. The Morgan fingerprint density at radius 3 is 2.40 bits per heavy atom. The number of rotatable bonds is 7. The zero-order chi connectivity index (χ0) is 34.5. The van der Waals surface area contributed by atoms with E-state index in [2.05, 4.69) is 5.10 Å². The van der Waals surface area contributed by atoms with Crippen molar-refractivity contribution in [3.8, 4) is 5.75 Å². The second-order valence-corrected chi connectivity index (χ2v) is 14.8. The molecule has 252 valence electrons. The van der Waals surface area contributed by atoms with Crippen LogP contribution in [0, 0.1) is 0 Å². The summed E-state index contributed by atoms with van der Waals surface area (Å²) in [5.74, 6) is -0.444. The number of carbonyl (C=O) groups excluding carboxylic acids is 2. The number of hydrogen-bond donors (Lipinski definition) is 1. The quantitative estimate of drug-likeness (QED) is 0.311. The van der Waals surface area contributed by atoms with E-state index in [0.29, 0.717) is 20.8 Å². The second kappa shape index (κ2) is 12.5. The van der Waals surface area contributed by atoms with Crippen LogP contribution in [-0.4, -0.2) is 85.8 Å². The first-order valence-electron chi connectivity index (χ1n) is 14.4. The summed E-state index contributed by atoms with van der Waals surface area (Å²) >= 11 is 0.751. The molecule has 2 aliphatic heterocycles. The Bertz CT molecular complexity index is 1880. The molecule has 0 saturated carbocycles. The Balaban J connectivity index is 1.30. The highest BCUT2D eigenvalue weighted by Gasteiger charge is 2.45. The Morgan fingerprint density at radius 2 is 1.81 bits per heavy atom. The third kappa shape index (κ3) is 6.82. The number of benzene rings is 2. The number of hydrogen-bond acceptors (Lipinski definition) is 8. The molecule has 0 unspecified atom stereocenters. The predicted molar refractivity (Wildman–Crippen MR) is 168 cm³/mol. The molecule has 12 nitrogen and oxygen atoms in total. The molecular formula is C30H32F3N5O7S2. The first kappa shape index (κ1) is 34.3. The molecular weight excluding hydrogens is 663 g/mol. The van der Waals surface area contributed by atoms with Crippen LogP contribution in [0.1, 0.15) is 50.3 Å². The van der Waals surface area contributed by atoms with Crippen molar-refractivity contribution < 1.29 is 45.8 Å². The number of methoxy groups -OCH3 is 1. The van der Waals surface area contributed by atoms with Crippen LogP contribution in [0.2, 0.25) is 0 Å². The third-order valence-electron chi connectivity index (χ3n) is 7.86. The molecule has 2 aliphatic rings. The number of carboxylic acid groups (broad SMARTS) is 1. The minimum atomic E-state index is -4.59. The molecule has 3 aromatic rings. The highest BCUT2D eigenvalue weighted by molar-refractivity contribution is 8.18. The van der Waals surface area contributed by atoms with Gasteiger partial charge in [0.05, 0.1) is 41.4 Å². The first-order chi connectivity index (χ1) is 21.9. The molecule has 3 amide bonds. The largest absolute Gasteiger partial charge is 0.497 e. The molecule has 1 N–H and O–H groups in total. The van der Waals surface area contributed by atoms with Crippen LogP contribution >= 0.6 is 11.8 Å². The van der Waals surface area contributed by atoms with Gasteiger partial charge >= 0.3 is 22.5 Å². The fourth-order valence-electron chi connectivity index (χ4n) is 5.69. The van der Waals surface area contributed by atoms with Gasteiger partial charge in [-0.05, 0) is 86.8 Å². The first-order valence-corrected chi connectivity index (χ1v) is 16.6. The molecule has 5 rings (SSSR count). The van der Waals surface area contributed by atoms with Crippen molar-refractivity contribution in [1.29, 1.82) is 0 Å².